The van der Waals surface area contributed by atoms with Crippen LogP contribution in [0.25, 0.3) is 28.0 Å². The van der Waals surface area contributed by atoms with E-state index in [0.29, 0.717) is 17.0 Å². The van der Waals surface area contributed by atoms with Crippen LogP contribution in [-0.2, 0) is 0 Å². The summed E-state index contributed by atoms with van der Waals surface area (Å²) in [7, 11) is 1.65. The van der Waals surface area contributed by atoms with Gasteiger partial charge in [0.15, 0.2) is 17.1 Å². The highest BCUT2D eigenvalue weighted by molar-refractivity contribution is 5.82. The second-order valence-corrected chi connectivity index (χ2v) is 6.54. The zero-order chi connectivity index (χ0) is 19.8. The molecule has 4 aromatic heterocycles. The van der Waals surface area contributed by atoms with Gasteiger partial charge in [0.1, 0.15) is 28.9 Å². The molecule has 1 atom stereocenters. The first-order valence-electron chi connectivity index (χ1n) is 9.13. The van der Waals surface area contributed by atoms with E-state index in [9.17, 15) is 0 Å². The van der Waals surface area contributed by atoms with Gasteiger partial charge in [0.2, 0.25) is 0 Å². The van der Waals surface area contributed by atoms with Crippen LogP contribution in [0.2, 0.25) is 0 Å². The van der Waals surface area contributed by atoms with Crippen molar-refractivity contribution in [3.05, 3.63) is 61.1 Å². The molecule has 0 bridgehead atoms. The Hall–Kier alpha value is -4.01. The van der Waals surface area contributed by atoms with Crippen molar-refractivity contribution in [1.82, 2.24) is 34.5 Å². The smallest absolute Gasteiger partial charge is 0.164 e. The number of anilines is 1. The number of pyridine rings is 1. The van der Waals surface area contributed by atoms with E-state index in [-0.39, 0.29) is 6.04 Å². The van der Waals surface area contributed by atoms with Crippen LogP contribution < -0.4 is 10.1 Å². The highest BCUT2D eigenvalue weighted by atomic mass is 16.5. The van der Waals surface area contributed by atoms with Gasteiger partial charge in [-0.3, -0.25) is 4.57 Å². The molecule has 0 aliphatic carbocycles. The molecule has 0 unspecified atom stereocenters. The number of nitrogens with zero attached hydrogens (tertiary/aromatic N) is 6. The van der Waals surface area contributed by atoms with E-state index in [1.807, 2.05) is 47.9 Å². The molecule has 4 heterocycles. The number of imidazole rings is 2. The molecule has 0 fully saturated rings. The van der Waals surface area contributed by atoms with Crippen LogP contribution in [0.1, 0.15) is 18.8 Å². The van der Waals surface area contributed by atoms with E-state index >= 15 is 0 Å². The number of aromatic nitrogens is 7. The van der Waals surface area contributed by atoms with Crippen LogP contribution in [0.3, 0.4) is 0 Å². The van der Waals surface area contributed by atoms with Gasteiger partial charge in [0.25, 0.3) is 0 Å². The summed E-state index contributed by atoms with van der Waals surface area (Å²) in [6, 6.07) is 11.5. The molecule has 1 aromatic carbocycles. The molecular formula is C20H18N8O. The summed E-state index contributed by atoms with van der Waals surface area (Å²) in [5.41, 5.74) is 3.87. The molecule has 5 aromatic rings. The molecule has 0 saturated carbocycles. The summed E-state index contributed by atoms with van der Waals surface area (Å²) < 4.78 is 7.43. The number of fused-ring (bicyclic) bond motifs is 2. The highest BCUT2D eigenvalue weighted by Crippen LogP contribution is 2.28. The summed E-state index contributed by atoms with van der Waals surface area (Å²) >= 11 is 0. The minimum atomic E-state index is -0.176. The zero-order valence-electron chi connectivity index (χ0n) is 15.9. The number of ether oxygens (including phenoxy) is 1. The SMILES string of the molecule is COc1cccc(-n2c([C@H](C)Nc3ncnc4[nH]cnc34)nc3cccnc32)c1. The Morgan fingerprint density at radius 2 is 2.03 bits per heavy atom. The van der Waals surface area contributed by atoms with Crippen LogP contribution in [0.15, 0.2) is 55.2 Å². The molecule has 2 N–H and O–H groups in total. The average Bonchev–Trinajstić information content (AvgIpc) is 3.39. The number of aromatic amines is 1. The molecular weight excluding hydrogens is 368 g/mol. The van der Waals surface area contributed by atoms with E-state index < -0.39 is 0 Å². The topological polar surface area (TPSA) is 106 Å². The molecule has 0 aliphatic rings. The van der Waals surface area contributed by atoms with Crippen LogP contribution in [0.4, 0.5) is 5.82 Å². The fraction of sp³-hybridized carbons (Fsp3) is 0.150. The third-order valence-corrected chi connectivity index (χ3v) is 4.71. The number of rotatable bonds is 5. The molecule has 0 spiro atoms. The van der Waals surface area contributed by atoms with Gasteiger partial charge < -0.3 is 15.0 Å². The highest BCUT2D eigenvalue weighted by Gasteiger charge is 2.20. The first-order chi connectivity index (χ1) is 14.2. The standard InChI is InChI=1S/C20H18N8O/c1-12(26-18-16-17(23-10-22-16)24-11-25-18)19-27-15-7-4-8-21-20(15)28(19)13-5-3-6-14(9-13)29-2/h3-12H,1-2H3,(H2,22,23,24,25,26)/t12-/m0/s1. The van der Waals surface area contributed by atoms with Crippen LogP contribution in [-0.4, -0.2) is 41.6 Å². The van der Waals surface area contributed by atoms with Crippen molar-refractivity contribution in [3.8, 4) is 11.4 Å². The number of methoxy groups -OCH3 is 1. The maximum absolute atomic E-state index is 5.40. The Kier molecular flexibility index (Phi) is 4.05. The Balaban J connectivity index is 1.63. The predicted octanol–water partition coefficient (Wildman–Crippen LogP) is 3.27. The second-order valence-electron chi connectivity index (χ2n) is 6.54. The molecule has 5 rings (SSSR count). The molecule has 0 saturated heterocycles. The quantitative estimate of drug-likeness (QED) is 0.477. The molecule has 0 radical (unpaired) electrons. The Morgan fingerprint density at radius 1 is 1.10 bits per heavy atom. The van der Waals surface area contributed by atoms with E-state index in [2.05, 4.69) is 30.2 Å². The normalized spacial score (nSPS) is 12.3. The van der Waals surface area contributed by atoms with Crippen molar-refractivity contribution < 1.29 is 4.74 Å². The third-order valence-electron chi connectivity index (χ3n) is 4.71. The number of benzene rings is 1. The van der Waals surface area contributed by atoms with Crippen LogP contribution in [0.5, 0.6) is 5.75 Å². The van der Waals surface area contributed by atoms with Crippen LogP contribution in [0, 0.1) is 0 Å². The van der Waals surface area contributed by atoms with E-state index in [4.69, 9.17) is 9.72 Å². The lowest BCUT2D eigenvalue weighted by Crippen LogP contribution is -2.14. The van der Waals surface area contributed by atoms with Crippen molar-refractivity contribution in [3.63, 3.8) is 0 Å². The van der Waals surface area contributed by atoms with Gasteiger partial charge in [-0.2, -0.15) is 0 Å². The molecule has 9 heteroatoms. The molecule has 144 valence electrons. The molecule has 9 nitrogen and oxygen atoms in total. The summed E-state index contributed by atoms with van der Waals surface area (Å²) in [5, 5.41) is 3.41. The summed E-state index contributed by atoms with van der Waals surface area (Å²) in [6.45, 7) is 2.03. The predicted molar refractivity (Wildman–Crippen MR) is 109 cm³/mol. The minimum Gasteiger partial charge on any atom is -0.497 e. The van der Waals surface area contributed by atoms with Crippen molar-refractivity contribution >= 4 is 28.1 Å². The first-order valence-corrected chi connectivity index (χ1v) is 9.13. The fourth-order valence-corrected chi connectivity index (χ4v) is 3.36. The Labute approximate surface area is 165 Å². The van der Waals surface area contributed by atoms with Gasteiger partial charge in [0.05, 0.1) is 25.2 Å². The monoisotopic (exact) mass is 386 g/mol. The van der Waals surface area contributed by atoms with Crippen molar-refractivity contribution in [1.29, 1.82) is 0 Å². The van der Waals surface area contributed by atoms with Crippen molar-refractivity contribution in [2.24, 2.45) is 0 Å². The lowest BCUT2D eigenvalue weighted by Gasteiger charge is -2.17. The van der Waals surface area contributed by atoms with Gasteiger partial charge in [-0.05, 0) is 31.2 Å². The van der Waals surface area contributed by atoms with Gasteiger partial charge in [-0.1, -0.05) is 6.07 Å². The molecule has 0 amide bonds. The third kappa shape index (κ3) is 2.92. The van der Waals surface area contributed by atoms with Gasteiger partial charge >= 0.3 is 0 Å². The van der Waals surface area contributed by atoms with Crippen molar-refractivity contribution in [2.75, 3.05) is 12.4 Å². The second kappa shape index (κ2) is 6.86. The number of nitrogens with one attached hydrogen (secondary N) is 2. The maximum atomic E-state index is 5.40. The Bertz CT molecular complexity index is 1310. The summed E-state index contributed by atoms with van der Waals surface area (Å²) in [5.74, 6) is 2.20. The number of hydrogen-bond donors (Lipinski definition) is 2. The lowest BCUT2D eigenvalue weighted by molar-refractivity contribution is 0.414. The fourth-order valence-electron chi connectivity index (χ4n) is 3.36. The Morgan fingerprint density at radius 3 is 2.93 bits per heavy atom. The molecule has 29 heavy (non-hydrogen) atoms. The summed E-state index contributed by atoms with van der Waals surface area (Å²) in [4.78, 5) is 25.2. The van der Waals surface area contributed by atoms with Gasteiger partial charge in [0, 0.05) is 12.3 Å². The summed E-state index contributed by atoms with van der Waals surface area (Å²) in [6.07, 6.45) is 4.87. The van der Waals surface area contributed by atoms with E-state index in [1.165, 1.54) is 6.33 Å². The van der Waals surface area contributed by atoms with Gasteiger partial charge in [-0.15, -0.1) is 0 Å². The largest absolute Gasteiger partial charge is 0.497 e. The number of hydrogen-bond acceptors (Lipinski definition) is 7. The van der Waals surface area contributed by atoms with E-state index in [0.717, 1.165) is 28.4 Å². The average molecular weight is 386 g/mol. The molecule has 0 aliphatic heterocycles. The lowest BCUT2D eigenvalue weighted by atomic mass is 10.2. The van der Waals surface area contributed by atoms with Gasteiger partial charge in [-0.25, -0.2) is 24.9 Å². The van der Waals surface area contributed by atoms with Crippen LogP contribution >= 0.6 is 0 Å². The zero-order valence-corrected chi connectivity index (χ0v) is 15.9. The maximum Gasteiger partial charge on any atom is 0.164 e. The van der Waals surface area contributed by atoms with Crippen molar-refractivity contribution in [2.45, 2.75) is 13.0 Å². The van der Waals surface area contributed by atoms with E-state index in [1.54, 1.807) is 19.6 Å². The minimum absolute atomic E-state index is 0.176. The number of H-pyrrole nitrogens is 1. The first kappa shape index (κ1) is 17.1.